The van der Waals surface area contributed by atoms with Crippen molar-refractivity contribution in [3.63, 3.8) is 0 Å². The lowest BCUT2D eigenvalue weighted by atomic mass is 10.2. The number of hydrogen-bond acceptors (Lipinski definition) is 7. The zero-order valence-electron chi connectivity index (χ0n) is 17.5. The van der Waals surface area contributed by atoms with Gasteiger partial charge in [0.05, 0.1) is 19.8 Å². The van der Waals surface area contributed by atoms with Crippen LogP contribution in [0.15, 0.2) is 48.5 Å². The molecule has 0 aliphatic heterocycles. The van der Waals surface area contributed by atoms with Gasteiger partial charge in [0.15, 0.2) is 0 Å². The van der Waals surface area contributed by atoms with E-state index >= 15 is 0 Å². The Kier molecular flexibility index (Phi) is 7.50. The standard InChI is InChI=1S/C22H24ClN5O3/c1-14-12-20(27-16-5-7-17(30-2)8-6-16)28-22(26-14)25-11-10-24-21(29)18-13-15(23)4-9-19(18)31-3/h4-9,12-13H,10-11H2,1-3H3,(H,24,29)(H2,25,26,27,28). The molecule has 31 heavy (non-hydrogen) atoms. The topological polar surface area (TPSA) is 97.4 Å². The first-order valence-electron chi connectivity index (χ1n) is 9.61. The molecule has 0 spiro atoms. The molecule has 0 radical (unpaired) electrons. The quantitative estimate of drug-likeness (QED) is 0.431. The van der Waals surface area contributed by atoms with E-state index in [1.54, 1.807) is 25.3 Å². The van der Waals surface area contributed by atoms with Gasteiger partial charge in [-0.3, -0.25) is 4.79 Å². The van der Waals surface area contributed by atoms with Gasteiger partial charge in [-0.2, -0.15) is 4.98 Å². The summed E-state index contributed by atoms with van der Waals surface area (Å²) in [5, 5.41) is 9.66. The molecule has 0 fully saturated rings. The molecule has 9 heteroatoms. The number of carbonyl (C=O) groups is 1. The van der Waals surface area contributed by atoms with Crippen molar-refractivity contribution in [3.05, 3.63) is 64.8 Å². The molecule has 3 aromatic rings. The Hall–Kier alpha value is -3.52. The molecule has 1 heterocycles. The minimum atomic E-state index is -0.270. The molecule has 0 aliphatic rings. The lowest BCUT2D eigenvalue weighted by molar-refractivity contribution is 0.0952. The van der Waals surface area contributed by atoms with E-state index in [0.717, 1.165) is 17.1 Å². The molecule has 0 saturated heterocycles. The summed E-state index contributed by atoms with van der Waals surface area (Å²) in [4.78, 5) is 21.3. The number of benzene rings is 2. The highest BCUT2D eigenvalue weighted by molar-refractivity contribution is 6.31. The Morgan fingerprint density at radius 1 is 1.00 bits per heavy atom. The Balaban J connectivity index is 1.56. The number of hydrogen-bond donors (Lipinski definition) is 3. The zero-order valence-corrected chi connectivity index (χ0v) is 18.3. The van der Waals surface area contributed by atoms with Gasteiger partial charge in [-0.15, -0.1) is 0 Å². The van der Waals surface area contributed by atoms with E-state index < -0.39 is 0 Å². The molecule has 1 amide bonds. The highest BCUT2D eigenvalue weighted by Gasteiger charge is 2.12. The molecule has 1 aromatic heterocycles. The van der Waals surface area contributed by atoms with Crippen molar-refractivity contribution < 1.29 is 14.3 Å². The number of methoxy groups -OCH3 is 2. The van der Waals surface area contributed by atoms with E-state index in [1.807, 2.05) is 37.3 Å². The van der Waals surface area contributed by atoms with E-state index in [-0.39, 0.29) is 5.91 Å². The number of nitrogens with zero attached hydrogens (tertiary/aromatic N) is 2. The summed E-state index contributed by atoms with van der Waals surface area (Å²) in [5.74, 6) is 2.10. The van der Waals surface area contributed by atoms with Gasteiger partial charge in [-0.1, -0.05) is 11.6 Å². The summed E-state index contributed by atoms with van der Waals surface area (Å²) in [7, 11) is 3.14. The number of aromatic nitrogens is 2. The van der Waals surface area contributed by atoms with Gasteiger partial charge in [0.25, 0.3) is 5.91 Å². The third-order valence-electron chi connectivity index (χ3n) is 4.32. The van der Waals surface area contributed by atoms with Gasteiger partial charge < -0.3 is 25.4 Å². The lowest BCUT2D eigenvalue weighted by Gasteiger charge is -2.12. The van der Waals surface area contributed by atoms with Crippen LogP contribution in [0.5, 0.6) is 11.5 Å². The first-order chi connectivity index (χ1) is 15.0. The van der Waals surface area contributed by atoms with Crippen molar-refractivity contribution in [2.45, 2.75) is 6.92 Å². The average molecular weight is 442 g/mol. The number of amides is 1. The molecule has 2 aromatic carbocycles. The molecule has 0 aliphatic carbocycles. The molecule has 8 nitrogen and oxygen atoms in total. The minimum absolute atomic E-state index is 0.270. The van der Waals surface area contributed by atoms with Crippen molar-refractivity contribution in [1.29, 1.82) is 0 Å². The predicted octanol–water partition coefficient (Wildman–Crippen LogP) is 4.04. The Morgan fingerprint density at radius 3 is 2.48 bits per heavy atom. The first-order valence-corrected chi connectivity index (χ1v) is 9.98. The van der Waals surface area contributed by atoms with Gasteiger partial charge in [0.1, 0.15) is 17.3 Å². The van der Waals surface area contributed by atoms with Crippen LogP contribution in [0.2, 0.25) is 5.02 Å². The van der Waals surface area contributed by atoms with Crippen LogP contribution in [-0.4, -0.2) is 43.2 Å². The van der Waals surface area contributed by atoms with Crippen LogP contribution >= 0.6 is 11.6 Å². The third-order valence-corrected chi connectivity index (χ3v) is 4.55. The number of aryl methyl sites for hydroxylation is 1. The highest BCUT2D eigenvalue weighted by atomic mass is 35.5. The second-order valence-corrected chi connectivity index (χ2v) is 7.04. The van der Waals surface area contributed by atoms with Crippen LogP contribution in [0, 0.1) is 6.92 Å². The Labute approximate surface area is 186 Å². The predicted molar refractivity (Wildman–Crippen MR) is 122 cm³/mol. The number of halogens is 1. The summed E-state index contributed by atoms with van der Waals surface area (Å²) < 4.78 is 10.4. The molecule has 3 rings (SSSR count). The van der Waals surface area contributed by atoms with Gasteiger partial charge in [0.2, 0.25) is 5.95 Å². The number of rotatable bonds is 9. The van der Waals surface area contributed by atoms with Gasteiger partial charge in [0, 0.05) is 35.6 Å². The first kappa shape index (κ1) is 22.2. The fourth-order valence-electron chi connectivity index (χ4n) is 2.84. The molecular formula is C22H24ClN5O3. The fraction of sp³-hybridized carbons (Fsp3) is 0.227. The van der Waals surface area contributed by atoms with Crippen molar-refractivity contribution >= 4 is 35.0 Å². The molecular weight excluding hydrogens is 418 g/mol. The van der Waals surface area contributed by atoms with Crippen molar-refractivity contribution in [2.24, 2.45) is 0 Å². The van der Waals surface area contributed by atoms with E-state index in [1.165, 1.54) is 7.11 Å². The smallest absolute Gasteiger partial charge is 0.255 e. The van der Waals surface area contributed by atoms with Crippen LogP contribution in [-0.2, 0) is 0 Å². The van der Waals surface area contributed by atoms with Crippen LogP contribution < -0.4 is 25.4 Å². The summed E-state index contributed by atoms with van der Waals surface area (Å²) in [5.41, 5.74) is 2.07. The Bertz CT molecular complexity index is 1040. The number of nitrogens with one attached hydrogen (secondary N) is 3. The maximum atomic E-state index is 12.4. The van der Waals surface area contributed by atoms with Crippen molar-refractivity contribution in [2.75, 3.05) is 37.9 Å². The highest BCUT2D eigenvalue weighted by Crippen LogP contribution is 2.22. The van der Waals surface area contributed by atoms with E-state index in [2.05, 4.69) is 25.9 Å². The second kappa shape index (κ2) is 10.5. The van der Waals surface area contributed by atoms with Crippen LogP contribution in [0.4, 0.5) is 17.5 Å². The summed E-state index contributed by atoms with van der Waals surface area (Å²) in [6.45, 7) is 2.70. The maximum absolute atomic E-state index is 12.4. The molecule has 0 unspecified atom stereocenters. The van der Waals surface area contributed by atoms with Crippen LogP contribution in [0.3, 0.4) is 0 Å². The summed E-state index contributed by atoms with van der Waals surface area (Å²) in [6, 6.07) is 14.3. The van der Waals surface area contributed by atoms with Crippen LogP contribution in [0.1, 0.15) is 16.1 Å². The van der Waals surface area contributed by atoms with Gasteiger partial charge in [-0.25, -0.2) is 4.98 Å². The van der Waals surface area contributed by atoms with E-state index in [0.29, 0.717) is 41.2 Å². The minimum Gasteiger partial charge on any atom is -0.497 e. The normalized spacial score (nSPS) is 10.3. The summed E-state index contributed by atoms with van der Waals surface area (Å²) in [6.07, 6.45) is 0. The molecule has 0 atom stereocenters. The number of anilines is 3. The molecule has 0 bridgehead atoms. The molecule has 162 valence electrons. The van der Waals surface area contributed by atoms with Crippen LogP contribution in [0.25, 0.3) is 0 Å². The average Bonchev–Trinajstić information content (AvgIpc) is 2.76. The molecule has 0 saturated carbocycles. The van der Waals surface area contributed by atoms with Gasteiger partial charge >= 0.3 is 0 Å². The number of carbonyl (C=O) groups excluding carboxylic acids is 1. The third kappa shape index (κ3) is 6.23. The SMILES string of the molecule is COc1ccc(Nc2cc(C)nc(NCCNC(=O)c3cc(Cl)ccc3OC)n2)cc1. The zero-order chi connectivity index (χ0) is 22.2. The monoisotopic (exact) mass is 441 g/mol. The second-order valence-electron chi connectivity index (χ2n) is 6.60. The fourth-order valence-corrected chi connectivity index (χ4v) is 3.01. The largest absolute Gasteiger partial charge is 0.497 e. The van der Waals surface area contributed by atoms with Gasteiger partial charge in [-0.05, 0) is 49.4 Å². The van der Waals surface area contributed by atoms with E-state index in [4.69, 9.17) is 21.1 Å². The lowest BCUT2D eigenvalue weighted by Crippen LogP contribution is -2.29. The summed E-state index contributed by atoms with van der Waals surface area (Å²) >= 11 is 5.99. The van der Waals surface area contributed by atoms with Crippen molar-refractivity contribution in [3.8, 4) is 11.5 Å². The number of ether oxygens (including phenoxy) is 2. The maximum Gasteiger partial charge on any atom is 0.255 e. The molecule has 3 N–H and O–H groups in total. The van der Waals surface area contributed by atoms with Crippen molar-refractivity contribution in [1.82, 2.24) is 15.3 Å². The van der Waals surface area contributed by atoms with E-state index in [9.17, 15) is 4.79 Å². The Morgan fingerprint density at radius 2 is 1.77 bits per heavy atom.